The van der Waals surface area contributed by atoms with Gasteiger partial charge in [0.2, 0.25) is 0 Å². The molecule has 0 aliphatic rings. The van der Waals surface area contributed by atoms with Crippen molar-refractivity contribution in [3.05, 3.63) is 0 Å². The van der Waals surface area contributed by atoms with Crippen molar-refractivity contribution < 1.29 is 85.1 Å². The first-order chi connectivity index (χ1) is 35.2. The van der Waals surface area contributed by atoms with Gasteiger partial charge in [0.25, 0.3) is 0 Å². The van der Waals surface area contributed by atoms with Crippen LogP contribution in [0.15, 0.2) is 0 Å². The van der Waals surface area contributed by atoms with E-state index in [1.54, 1.807) is 64.0 Å². The molecule has 0 fully saturated rings. The lowest BCUT2D eigenvalue weighted by Gasteiger charge is -2.47. The minimum Gasteiger partial charge on any atom is -0.436 e. The third kappa shape index (κ3) is 34.6. The van der Waals surface area contributed by atoms with Crippen molar-refractivity contribution in [1.82, 2.24) is 0 Å². The molecule has 0 rings (SSSR count). The smallest absolute Gasteiger partial charge is 0.436 e. The quantitative estimate of drug-likeness (QED) is 0.0524. The minimum absolute atomic E-state index is 0. The van der Waals surface area contributed by atoms with Gasteiger partial charge in [-0.3, -0.25) is 0 Å². The Hall–Kier alpha value is 2.67. The molecule has 0 aromatic carbocycles. The maximum absolute atomic E-state index is 7.70. The van der Waals surface area contributed by atoms with E-state index in [1.165, 1.54) is 0 Å². The summed E-state index contributed by atoms with van der Waals surface area (Å²) in [6.45, 7) is 54.1. The van der Waals surface area contributed by atoms with Gasteiger partial charge in [0.05, 0.1) is 0 Å². The fraction of sp³-hybridized carbons (Fsp3) is 1.00. The SMILES string of the molecule is C.C.CO[Si](CC[Si](C)(C)O[Si](O[Si](C)(C)CCC[Si](C)(C)O[Si](C)(C)O[Si](C)(C)O[Si](C)(C)O[Si](O[Si](C)(C)C)(O[Si](C)(C)C)O[Si](C)(C)C)(O[Si](C)(C)CC[Si](OC)(OC)OC)O[Si](C)(C)CC[Si](OC)(OC)OC)(OC)OC. The molecule has 81 heavy (non-hydrogen) atoms. The normalized spacial score (nSPS) is 15.0. The van der Waals surface area contributed by atoms with Crippen LogP contribution in [0.2, 0.25) is 212 Å². The van der Waals surface area contributed by atoms with Gasteiger partial charge in [-0.2, -0.15) is 0 Å². The Balaban J connectivity index is -0.0000304. The first-order valence-electron chi connectivity index (χ1n) is 27.8. The first kappa shape index (κ1) is 87.9. The molecule has 0 radical (unpaired) electrons. The summed E-state index contributed by atoms with van der Waals surface area (Å²) in [4.78, 5) is 0. The second-order valence-electron chi connectivity index (χ2n) is 27.7. The summed E-state index contributed by atoms with van der Waals surface area (Å²) in [5.41, 5.74) is 0. The van der Waals surface area contributed by atoms with E-state index >= 15 is 0 Å². The Morgan fingerprint density at radius 2 is 0.383 bits per heavy atom. The topological polar surface area (TPSA) is 185 Å². The van der Waals surface area contributed by atoms with Crippen molar-refractivity contribution in [2.24, 2.45) is 0 Å². The van der Waals surface area contributed by atoms with Gasteiger partial charge < -0.3 is 85.1 Å². The van der Waals surface area contributed by atoms with Gasteiger partial charge in [-0.25, -0.2) is 0 Å². The van der Waals surface area contributed by atoms with E-state index in [4.69, 9.17) is 85.1 Å². The second kappa shape index (κ2) is 33.8. The maximum Gasteiger partial charge on any atom is 0.638 e. The van der Waals surface area contributed by atoms with Crippen LogP contribution in [0, 0.1) is 0 Å². The zero-order valence-electron chi connectivity index (χ0n) is 56.5. The van der Waals surface area contributed by atoms with E-state index in [9.17, 15) is 0 Å². The van der Waals surface area contributed by atoms with E-state index in [0.717, 1.165) is 18.5 Å². The summed E-state index contributed by atoms with van der Waals surface area (Å²) in [5, 5.41) is 0. The molecule has 20 nitrogen and oxygen atoms in total. The van der Waals surface area contributed by atoms with Crippen molar-refractivity contribution >= 4 is 137 Å². The Morgan fingerprint density at radius 3 is 0.605 bits per heavy atom. The Bertz CT molecular complexity index is 1620. The van der Waals surface area contributed by atoms with Crippen LogP contribution in [0.4, 0.5) is 0 Å². The van der Waals surface area contributed by atoms with E-state index in [0.29, 0.717) is 36.3 Å². The standard InChI is InChI=1S/C43H120O20Si16.2CH4/c1-44-75(45-2,46-3)41-38-69(23,24)58-79(59-70(25,26)39-42-76(47-4,48-5)49-6,60-71(27,28)40-43-77(50-7,51-8)52-9)57-68(21,22)37-35-36-67(19,20)56-72(29,30)61-73(31,32)62-74(33,34)63-78(53-64(10,11)12,54-65(13,14)15)55-66(16,17)18;;/h35-43H2,1-34H3;2*1H4. The van der Waals surface area contributed by atoms with Gasteiger partial charge in [0.15, 0.2) is 66.5 Å². The summed E-state index contributed by atoms with van der Waals surface area (Å²) >= 11 is 0. The molecule has 0 unspecified atom stereocenters. The van der Waals surface area contributed by atoms with E-state index in [-0.39, 0.29) is 14.9 Å². The van der Waals surface area contributed by atoms with Crippen molar-refractivity contribution in [3.63, 3.8) is 0 Å². The number of rotatable bonds is 44. The van der Waals surface area contributed by atoms with Crippen LogP contribution in [0.3, 0.4) is 0 Å². The highest BCUT2D eigenvalue weighted by Gasteiger charge is 2.61. The van der Waals surface area contributed by atoms with Crippen LogP contribution >= 0.6 is 0 Å². The third-order valence-electron chi connectivity index (χ3n) is 12.2. The largest absolute Gasteiger partial charge is 0.638 e. The van der Waals surface area contributed by atoms with E-state index in [1.807, 2.05) is 0 Å². The average molecular weight is 1440 g/mol. The molecule has 0 bridgehead atoms. The lowest BCUT2D eigenvalue weighted by atomic mass is 10.6. The molecule has 0 saturated carbocycles. The predicted molar refractivity (Wildman–Crippen MR) is 370 cm³/mol. The highest BCUT2D eigenvalue weighted by molar-refractivity contribution is 6.95. The minimum atomic E-state index is -4.09. The lowest BCUT2D eigenvalue weighted by molar-refractivity contribution is 0.121. The number of hydrogen-bond donors (Lipinski definition) is 0. The Morgan fingerprint density at radius 1 is 0.198 bits per heavy atom. The van der Waals surface area contributed by atoms with Crippen LogP contribution in [0.1, 0.15) is 21.3 Å². The van der Waals surface area contributed by atoms with Crippen molar-refractivity contribution in [3.8, 4) is 0 Å². The third-order valence-corrected chi connectivity index (χ3v) is 67.6. The molecule has 0 saturated heterocycles. The van der Waals surface area contributed by atoms with Crippen molar-refractivity contribution in [1.29, 1.82) is 0 Å². The summed E-state index contributed by atoms with van der Waals surface area (Å²) in [6.07, 6.45) is 0.871. The second-order valence-corrected chi connectivity index (χ2v) is 89.1. The van der Waals surface area contributed by atoms with Gasteiger partial charge in [0, 0.05) is 82.1 Å². The lowest BCUT2D eigenvalue weighted by Crippen LogP contribution is -2.67. The Labute approximate surface area is 515 Å². The fourth-order valence-corrected chi connectivity index (χ4v) is 73.0. The molecule has 0 aromatic rings. The van der Waals surface area contributed by atoms with Crippen LogP contribution in [-0.4, -0.2) is 201 Å². The van der Waals surface area contributed by atoms with Gasteiger partial charge in [-0.05, 0) is 194 Å². The highest BCUT2D eigenvalue weighted by Crippen LogP contribution is 2.39. The summed E-state index contributed by atoms with van der Waals surface area (Å²) < 4.78 is 133. The number of hydrogen-bond acceptors (Lipinski definition) is 20. The van der Waals surface area contributed by atoms with E-state index in [2.05, 4.69) is 164 Å². The van der Waals surface area contributed by atoms with Gasteiger partial charge >= 0.3 is 70.2 Å². The maximum atomic E-state index is 7.70. The molecule has 0 aliphatic carbocycles. The molecule has 0 N–H and O–H groups in total. The van der Waals surface area contributed by atoms with Crippen LogP contribution < -0.4 is 0 Å². The summed E-state index contributed by atoms with van der Waals surface area (Å²) in [5.74, 6) is 0. The summed E-state index contributed by atoms with van der Waals surface area (Å²) in [7, 11) is -30.5. The molecule has 0 heterocycles. The monoisotopic (exact) mass is 1440 g/mol. The van der Waals surface area contributed by atoms with Crippen LogP contribution in [-0.2, 0) is 85.1 Å². The van der Waals surface area contributed by atoms with Crippen molar-refractivity contribution in [2.45, 2.75) is 233 Å². The molecular formula is C45H128O20Si16. The van der Waals surface area contributed by atoms with Gasteiger partial charge in [0.1, 0.15) is 0 Å². The molecule has 0 spiro atoms. The molecule has 0 aromatic heterocycles. The fourth-order valence-electron chi connectivity index (χ4n) is 9.17. The highest BCUT2D eigenvalue weighted by atomic mass is 28.6. The van der Waals surface area contributed by atoms with Crippen LogP contribution in [0.25, 0.3) is 0 Å². The zero-order valence-corrected chi connectivity index (χ0v) is 72.5. The van der Waals surface area contributed by atoms with E-state index < -0.39 is 137 Å². The Kier molecular flexibility index (Phi) is 36.7. The molecule has 0 amide bonds. The predicted octanol–water partition coefficient (Wildman–Crippen LogP) is 14.0. The van der Waals surface area contributed by atoms with Crippen molar-refractivity contribution in [2.75, 3.05) is 64.0 Å². The molecule has 0 aliphatic heterocycles. The van der Waals surface area contributed by atoms with Gasteiger partial charge in [-0.1, -0.05) is 21.3 Å². The zero-order chi connectivity index (χ0) is 62.5. The van der Waals surface area contributed by atoms with Gasteiger partial charge in [-0.15, -0.1) is 0 Å². The molecule has 492 valence electrons. The van der Waals surface area contributed by atoms with Crippen LogP contribution in [0.5, 0.6) is 0 Å². The first-order valence-corrected chi connectivity index (χ1v) is 71.1. The molecule has 36 heteroatoms. The molecule has 0 atom stereocenters. The average Bonchev–Trinajstić information content (AvgIpc) is 3.21. The molecular weight excluding hydrogens is 1310 g/mol. The summed E-state index contributed by atoms with van der Waals surface area (Å²) in [6, 6.07) is 5.30.